The number of nitrogens with zero attached hydrogens (tertiary/aromatic N) is 4. The van der Waals surface area contributed by atoms with Crippen LogP contribution in [-0.4, -0.2) is 61.7 Å². The zero-order valence-electron chi connectivity index (χ0n) is 18.2. The van der Waals surface area contributed by atoms with Gasteiger partial charge in [0.1, 0.15) is 0 Å². The quantitative estimate of drug-likeness (QED) is 0.653. The number of pyridine rings is 1. The van der Waals surface area contributed by atoms with Gasteiger partial charge in [-0.25, -0.2) is 19.5 Å². The summed E-state index contributed by atoms with van der Waals surface area (Å²) in [6.45, 7) is 10.8. The van der Waals surface area contributed by atoms with E-state index in [9.17, 15) is 14.7 Å². The van der Waals surface area contributed by atoms with Crippen molar-refractivity contribution in [2.75, 3.05) is 18.5 Å². The Bertz CT molecular complexity index is 943. The van der Waals surface area contributed by atoms with Crippen LogP contribution >= 0.6 is 0 Å². The molecule has 3 rings (SSSR count). The molecule has 0 atom stereocenters. The highest BCUT2D eigenvalue weighted by Crippen LogP contribution is 2.31. The van der Waals surface area contributed by atoms with Crippen molar-refractivity contribution in [3.8, 4) is 0 Å². The second-order valence-electron chi connectivity index (χ2n) is 8.41. The van der Waals surface area contributed by atoms with Gasteiger partial charge in [0.15, 0.2) is 5.65 Å². The van der Waals surface area contributed by atoms with Crippen molar-refractivity contribution in [3.63, 3.8) is 0 Å². The lowest BCUT2D eigenvalue weighted by atomic mass is 10.0. The standard InChI is InChI=1S/C20H30N6O4/c1-6-25-17-14(11-21-25)16(23-13-7-9-30-10-8-13)15(12(2)22-17)18(27)24-26(19(28)29)20(3,4)5/h11,13H,6-10H2,1-5H3,(H,22,23)(H,24,27)(H,28,29). The maximum absolute atomic E-state index is 13.3. The number of carbonyl (C=O) groups is 2. The molecular weight excluding hydrogens is 388 g/mol. The Morgan fingerprint density at radius 3 is 2.57 bits per heavy atom. The molecule has 0 unspecified atom stereocenters. The number of carbonyl (C=O) groups excluding carboxylic acids is 1. The Morgan fingerprint density at radius 2 is 2.00 bits per heavy atom. The van der Waals surface area contributed by atoms with Crippen molar-refractivity contribution in [3.05, 3.63) is 17.5 Å². The minimum absolute atomic E-state index is 0.137. The first kappa shape index (κ1) is 21.8. The van der Waals surface area contributed by atoms with Gasteiger partial charge in [0.2, 0.25) is 0 Å². The van der Waals surface area contributed by atoms with Crippen molar-refractivity contribution in [2.24, 2.45) is 0 Å². The number of hydrogen-bond acceptors (Lipinski definition) is 6. The number of hydrazine groups is 1. The van der Waals surface area contributed by atoms with Gasteiger partial charge in [-0.2, -0.15) is 5.10 Å². The van der Waals surface area contributed by atoms with Crippen LogP contribution < -0.4 is 10.7 Å². The van der Waals surface area contributed by atoms with Crippen LogP contribution in [0.2, 0.25) is 0 Å². The zero-order chi connectivity index (χ0) is 22.1. The van der Waals surface area contributed by atoms with Gasteiger partial charge in [0, 0.05) is 25.8 Å². The summed E-state index contributed by atoms with van der Waals surface area (Å²) < 4.78 is 7.22. The summed E-state index contributed by atoms with van der Waals surface area (Å²) in [6.07, 6.45) is 2.09. The zero-order valence-corrected chi connectivity index (χ0v) is 18.2. The molecule has 0 aromatic carbocycles. The van der Waals surface area contributed by atoms with Crippen molar-refractivity contribution in [1.82, 2.24) is 25.2 Å². The van der Waals surface area contributed by atoms with Gasteiger partial charge >= 0.3 is 6.09 Å². The molecule has 3 N–H and O–H groups in total. The third kappa shape index (κ3) is 4.33. The fraction of sp³-hybridized carbons (Fsp3) is 0.600. The molecule has 1 saturated heterocycles. The molecule has 1 aliphatic rings. The van der Waals surface area contributed by atoms with Gasteiger partial charge < -0.3 is 15.2 Å². The second-order valence-corrected chi connectivity index (χ2v) is 8.41. The third-order valence-corrected chi connectivity index (χ3v) is 5.14. The molecule has 0 spiro atoms. The summed E-state index contributed by atoms with van der Waals surface area (Å²) in [6, 6.07) is 0.137. The summed E-state index contributed by atoms with van der Waals surface area (Å²) in [5.41, 5.74) is 3.86. The van der Waals surface area contributed by atoms with Gasteiger partial charge in [-0.3, -0.25) is 10.2 Å². The van der Waals surface area contributed by atoms with E-state index in [4.69, 9.17) is 4.74 Å². The molecule has 2 aromatic heterocycles. The van der Waals surface area contributed by atoms with Gasteiger partial charge in [-0.15, -0.1) is 0 Å². The molecule has 10 heteroatoms. The lowest BCUT2D eigenvalue weighted by Crippen LogP contribution is -2.55. The first-order valence-electron chi connectivity index (χ1n) is 10.2. The number of amides is 2. The van der Waals surface area contributed by atoms with E-state index in [1.165, 1.54) is 0 Å². The van der Waals surface area contributed by atoms with Crippen LogP contribution in [0.25, 0.3) is 11.0 Å². The largest absolute Gasteiger partial charge is 0.464 e. The molecular formula is C20H30N6O4. The number of fused-ring (bicyclic) bond motifs is 1. The summed E-state index contributed by atoms with van der Waals surface area (Å²) >= 11 is 0. The number of aryl methyl sites for hydroxylation is 2. The maximum Gasteiger partial charge on any atom is 0.426 e. The average Bonchev–Trinajstić information content (AvgIpc) is 3.08. The molecule has 164 valence electrons. The van der Waals surface area contributed by atoms with E-state index < -0.39 is 17.5 Å². The number of nitrogens with one attached hydrogen (secondary N) is 2. The van der Waals surface area contributed by atoms with Gasteiger partial charge in [-0.05, 0) is 47.5 Å². The summed E-state index contributed by atoms with van der Waals surface area (Å²) in [4.78, 5) is 29.6. The van der Waals surface area contributed by atoms with Crippen LogP contribution in [0.4, 0.5) is 10.5 Å². The number of aromatic nitrogens is 3. The van der Waals surface area contributed by atoms with E-state index in [1.54, 1.807) is 38.6 Å². The third-order valence-electron chi connectivity index (χ3n) is 5.14. The Hall–Kier alpha value is -2.88. The molecule has 0 bridgehead atoms. The van der Waals surface area contributed by atoms with Crippen LogP contribution in [0.3, 0.4) is 0 Å². The highest BCUT2D eigenvalue weighted by Gasteiger charge is 2.31. The number of anilines is 1. The predicted octanol–water partition coefficient (Wildman–Crippen LogP) is 2.77. The predicted molar refractivity (Wildman–Crippen MR) is 112 cm³/mol. The smallest absolute Gasteiger partial charge is 0.426 e. The van der Waals surface area contributed by atoms with Crippen molar-refractivity contribution in [2.45, 2.75) is 65.6 Å². The van der Waals surface area contributed by atoms with Crippen LogP contribution in [-0.2, 0) is 11.3 Å². The molecule has 3 heterocycles. The molecule has 1 aliphatic heterocycles. The summed E-state index contributed by atoms with van der Waals surface area (Å²) in [7, 11) is 0. The minimum Gasteiger partial charge on any atom is -0.464 e. The molecule has 2 amide bonds. The van der Waals surface area contributed by atoms with Crippen LogP contribution in [0.5, 0.6) is 0 Å². The topological polar surface area (TPSA) is 122 Å². The number of hydrogen-bond donors (Lipinski definition) is 3. The summed E-state index contributed by atoms with van der Waals surface area (Å²) in [5.74, 6) is -0.530. The molecule has 2 aromatic rings. The van der Waals surface area contributed by atoms with Crippen molar-refractivity contribution < 1.29 is 19.4 Å². The Morgan fingerprint density at radius 1 is 1.33 bits per heavy atom. The molecule has 10 nitrogen and oxygen atoms in total. The van der Waals surface area contributed by atoms with Gasteiger partial charge in [-0.1, -0.05) is 0 Å². The Kier molecular flexibility index (Phi) is 6.16. The number of carboxylic acid groups (broad SMARTS) is 1. The van der Waals surface area contributed by atoms with Crippen molar-refractivity contribution in [1.29, 1.82) is 0 Å². The average molecular weight is 418 g/mol. The van der Waals surface area contributed by atoms with Crippen LogP contribution in [0.1, 0.15) is 56.6 Å². The SMILES string of the molecule is CCn1ncc2c(NC3CCOCC3)c(C(=O)NN(C(=O)O)C(C)(C)C)c(C)nc21. The first-order chi connectivity index (χ1) is 14.1. The lowest BCUT2D eigenvalue weighted by Gasteiger charge is -2.33. The van der Waals surface area contributed by atoms with E-state index in [1.807, 2.05) is 6.92 Å². The second kappa shape index (κ2) is 8.47. The summed E-state index contributed by atoms with van der Waals surface area (Å²) in [5, 5.41) is 19.1. The first-order valence-corrected chi connectivity index (χ1v) is 10.2. The number of rotatable bonds is 4. The molecule has 0 radical (unpaired) electrons. The minimum atomic E-state index is -1.24. The Labute approximate surface area is 175 Å². The fourth-order valence-electron chi connectivity index (χ4n) is 3.57. The molecule has 1 fully saturated rings. The normalized spacial score (nSPS) is 15.2. The highest BCUT2D eigenvalue weighted by molar-refractivity contribution is 6.08. The van der Waals surface area contributed by atoms with E-state index >= 15 is 0 Å². The maximum atomic E-state index is 13.3. The monoisotopic (exact) mass is 418 g/mol. The number of ether oxygens (including phenoxy) is 1. The van der Waals surface area contributed by atoms with Gasteiger partial charge in [0.05, 0.1) is 34.1 Å². The molecule has 0 aliphatic carbocycles. The lowest BCUT2D eigenvalue weighted by molar-refractivity contribution is 0.0497. The highest BCUT2D eigenvalue weighted by atomic mass is 16.5. The van der Waals surface area contributed by atoms with Gasteiger partial charge in [0.25, 0.3) is 5.91 Å². The van der Waals surface area contributed by atoms with E-state index in [0.717, 1.165) is 23.2 Å². The van der Waals surface area contributed by atoms with Crippen LogP contribution in [0, 0.1) is 6.92 Å². The van der Waals surface area contributed by atoms with E-state index in [0.29, 0.717) is 42.4 Å². The molecule has 30 heavy (non-hydrogen) atoms. The fourth-order valence-corrected chi connectivity index (χ4v) is 3.57. The Balaban J connectivity index is 2.07. The van der Waals surface area contributed by atoms with Crippen LogP contribution in [0.15, 0.2) is 6.20 Å². The van der Waals surface area contributed by atoms with E-state index in [2.05, 4.69) is 20.8 Å². The van der Waals surface area contributed by atoms with Crippen molar-refractivity contribution >= 4 is 28.7 Å². The van der Waals surface area contributed by atoms with E-state index in [-0.39, 0.29) is 6.04 Å². The molecule has 0 saturated carbocycles.